The monoisotopic (exact) mass is 293 g/mol. The zero-order valence-corrected chi connectivity index (χ0v) is 11.4. The molecule has 0 unspecified atom stereocenters. The first kappa shape index (κ1) is 13.8. The van der Waals surface area contributed by atoms with E-state index in [0.29, 0.717) is 16.9 Å². The Balaban J connectivity index is 1.93. The molecule has 1 aliphatic heterocycles. The zero-order chi connectivity index (χ0) is 15.5. The van der Waals surface area contributed by atoms with E-state index in [1.807, 2.05) is 30.3 Å². The van der Waals surface area contributed by atoms with Crippen LogP contribution >= 0.6 is 0 Å². The average Bonchev–Trinajstić information content (AvgIpc) is 2.89. The molecule has 0 aliphatic carbocycles. The van der Waals surface area contributed by atoms with Gasteiger partial charge in [0.05, 0.1) is 10.5 Å². The molecule has 2 aromatic carbocycles. The van der Waals surface area contributed by atoms with Crippen LogP contribution in [0.25, 0.3) is 11.6 Å². The van der Waals surface area contributed by atoms with Crippen molar-refractivity contribution in [1.82, 2.24) is 0 Å². The summed E-state index contributed by atoms with van der Waals surface area (Å²) < 4.78 is 5.19. The van der Waals surface area contributed by atoms with Crippen molar-refractivity contribution in [3.63, 3.8) is 0 Å². The maximum absolute atomic E-state index is 11.9. The highest BCUT2D eigenvalue weighted by Gasteiger charge is 2.22. The first-order valence-corrected chi connectivity index (χ1v) is 6.59. The molecule has 0 spiro atoms. The molecule has 1 aliphatic rings. The molecule has 0 bridgehead atoms. The summed E-state index contributed by atoms with van der Waals surface area (Å²) in [4.78, 5) is 22.2. The van der Waals surface area contributed by atoms with E-state index in [1.165, 1.54) is 12.1 Å². The Morgan fingerprint density at radius 1 is 1.05 bits per heavy atom. The molecule has 5 heteroatoms. The van der Waals surface area contributed by atoms with Crippen molar-refractivity contribution in [2.45, 2.75) is 0 Å². The predicted molar refractivity (Wildman–Crippen MR) is 81.6 cm³/mol. The fourth-order valence-corrected chi connectivity index (χ4v) is 2.18. The SMILES string of the molecule is O=C1OC(=Cc2cccc([N+](=O)[O-])c2)C=C1c1ccccc1. The third-order valence-corrected chi connectivity index (χ3v) is 3.19. The number of hydrogen-bond acceptors (Lipinski definition) is 4. The van der Waals surface area contributed by atoms with Crippen molar-refractivity contribution < 1.29 is 14.5 Å². The van der Waals surface area contributed by atoms with Gasteiger partial charge < -0.3 is 4.74 Å². The van der Waals surface area contributed by atoms with Gasteiger partial charge in [-0.3, -0.25) is 10.1 Å². The van der Waals surface area contributed by atoms with Crippen LogP contribution in [0, 0.1) is 10.1 Å². The van der Waals surface area contributed by atoms with Gasteiger partial charge in [-0.25, -0.2) is 4.79 Å². The van der Waals surface area contributed by atoms with E-state index in [0.717, 1.165) is 5.56 Å². The summed E-state index contributed by atoms with van der Waals surface area (Å²) in [5, 5.41) is 10.8. The van der Waals surface area contributed by atoms with Gasteiger partial charge in [0.25, 0.3) is 5.69 Å². The smallest absolute Gasteiger partial charge is 0.344 e. The maximum atomic E-state index is 11.9. The molecule has 0 saturated heterocycles. The van der Waals surface area contributed by atoms with Gasteiger partial charge in [0.2, 0.25) is 0 Å². The van der Waals surface area contributed by atoms with Crippen molar-refractivity contribution in [2.75, 3.05) is 0 Å². The van der Waals surface area contributed by atoms with Gasteiger partial charge in [-0.2, -0.15) is 0 Å². The van der Waals surface area contributed by atoms with E-state index in [-0.39, 0.29) is 5.69 Å². The van der Waals surface area contributed by atoms with Crippen molar-refractivity contribution >= 4 is 23.3 Å². The van der Waals surface area contributed by atoms with Gasteiger partial charge in [0.1, 0.15) is 5.76 Å². The second-order valence-electron chi connectivity index (χ2n) is 4.71. The molecular formula is C17H11NO4. The summed E-state index contributed by atoms with van der Waals surface area (Å²) in [7, 11) is 0. The second-order valence-corrected chi connectivity index (χ2v) is 4.71. The standard InChI is InChI=1S/C17H11NO4/c19-17-16(13-6-2-1-3-7-13)11-15(22-17)10-12-5-4-8-14(9-12)18(20)21/h1-11H. The normalized spacial score (nSPS) is 15.5. The fourth-order valence-electron chi connectivity index (χ4n) is 2.18. The third kappa shape index (κ3) is 2.78. The number of cyclic esters (lactones) is 1. The fraction of sp³-hybridized carbons (Fsp3) is 0. The van der Waals surface area contributed by atoms with Crippen LogP contribution in [0.1, 0.15) is 11.1 Å². The molecule has 3 rings (SSSR count). The van der Waals surface area contributed by atoms with Crippen LogP contribution in [0.3, 0.4) is 0 Å². The van der Waals surface area contributed by atoms with Gasteiger partial charge in [-0.1, -0.05) is 42.5 Å². The van der Waals surface area contributed by atoms with Crippen LogP contribution in [-0.4, -0.2) is 10.9 Å². The number of rotatable bonds is 3. The number of benzene rings is 2. The van der Waals surface area contributed by atoms with E-state index in [1.54, 1.807) is 24.3 Å². The number of esters is 1. The van der Waals surface area contributed by atoms with E-state index >= 15 is 0 Å². The van der Waals surface area contributed by atoms with E-state index < -0.39 is 10.9 Å². The van der Waals surface area contributed by atoms with Crippen molar-refractivity contribution in [1.29, 1.82) is 0 Å². The van der Waals surface area contributed by atoms with Crippen molar-refractivity contribution in [3.8, 4) is 0 Å². The van der Waals surface area contributed by atoms with E-state index in [9.17, 15) is 14.9 Å². The summed E-state index contributed by atoms with van der Waals surface area (Å²) in [5.41, 5.74) is 1.83. The first-order valence-electron chi connectivity index (χ1n) is 6.59. The van der Waals surface area contributed by atoms with E-state index in [2.05, 4.69) is 0 Å². The van der Waals surface area contributed by atoms with Crippen LogP contribution in [-0.2, 0) is 9.53 Å². The zero-order valence-electron chi connectivity index (χ0n) is 11.4. The lowest BCUT2D eigenvalue weighted by molar-refractivity contribution is -0.384. The molecule has 0 fully saturated rings. The number of hydrogen-bond donors (Lipinski definition) is 0. The molecule has 0 radical (unpaired) electrons. The van der Waals surface area contributed by atoms with Gasteiger partial charge in [-0.05, 0) is 23.3 Å². The Morgan fingerprint density at radius 2 is 1.82 bits per heavy atom. The maximum Gasteiger partial charge on any atom is 0.344 e. The highest BCUT2D eigenvalue weighted by molar-refractivity contribution is 6.19. The number of ether oxygens (including phenoxy) is 1. The number of nitrogens with zero attached hydrogens (tertiary/aromatic N) is 1. The Labute approximate surface area is 126 Å². The molecule has 5 nitrogen and oxygen atoms in total. The largest absolute Gasteiger partial charge is 0.423 e. The molecule has 0 amide bonds. The molecule has 0 atom stereocenters. The molecule has 108 valence electrons. The Kier molecular flexibility index (Phi) is 3.53. The summed E-state index contributed by atoms with van der Waals surface area (Å²) >= 11 is 0. The highest BCUT2D eigenvalue weighted by Crippen LogP contribution is 2.27. The Bertz CT molecular complexity index is 806. The molecule has 1 heterocycles. The van der Waals surface area contributed by atoms with Crippen LogP contribution < -0.4 is 0 Å². The van der Waals surface area contributed by atoms with E-state index in [4.69, 9.17) is 4.74 Å². The van der Waals surface area contributed by atoms with Crippen LogP contribution in [0.2, 0.25) is 0 Å². The minimum atomic E-state index is -0.464. The van der Waals surface area contributed by atoms with Crippen molar-refractivity contribution in [3.05, 3.63) is 87.7 Å². The number of nitro groups is 1. The summed E-state index contributed by atoms with van der Waals surface area (Å²) in [6.07, 6.45) is 3.23. The number of allylic oxidation sites excluding steroid dienone is 1. The van der Waals surface area contributed by atoms with Gasteiger partial charge >= 0.3 is 5.97 Å². The number of nitro benzene ring substituents is 1. The summed E-state index contributed by atoms with van der Waals surface area (Å²) in [6.45, 7) is 0. The number of carbonyl (C=O) groups is 1. The van der Waals surface area contributed by atoms with Gasteiger partial charge in [0.15, 0.2) is 0 Å². The minimum Gasteiger partial charge on any atom is -0.423 e. The van der Waals surface area contributed by atoms with Gasteiger partial charge in [0, 0.05) is 12.1 Å². The first-order chi connectivity index (χ1) is 10.6. The molecule has 22 heavy (non-hydrogen) atoms. The molecule has 0 N–H and O–H groups in total. The number of non-ortho nitro benzene ring substituents is 1. The Hall–Kier alpha value is -3.21. The minimum absolute atomic E-state index is 0.00839. The van der Waals surface area contributed by atoms with Crippen LogP contribution in [0.4, 0.5) is 5.69 Å². The summed E-state index contributed by atoms with van der Waals surface area (Å²) in [5.74, 6) is -0.0627. The predicted octanol–water partition coefficient (Wildman–Crippen LogP) is 3.58. The van der Waals surface area contributed by atoms with Crippen molar-refractivity contribution in [2.24, 2.45) is 0 Å². The molecular weight excluding hydrogens is 282 g/mol. The van der Waals surface area contributed by atoms with Gasteiger partial charge in [-0.15, -0.1) is 0 Å². The molecule has 0 aromatic heterocycles. The average molecular weight is 293 g/mol. The quantitative estimate of drug-likeness (QED) is 0.493. The molecule has 0 saturated carbocycles. The lowest BCUT2D eigenvalue weighted by atomic mass is 10.1. The van der Waals surface area contributed by atoms with Crippen LogP contribution in [0.15, 0.2) is 66.4 Å². The van der Waals surface area contributed by atoms with Crippen LogP contribution in [0.5, 0.6) is 0 Å². The Morgan fingerprint density at radius 3 is 2.55 bits per heavy atom. The number of carbonyl (C=O) groups excluding carboxylic acids is 1. The second kappa shape index (κ2) is 5.65. The molecule has 2 aromatic rings. The lowest BCUT2D eigenvalue weighted by Gasteiger charge is -1.98. The highest BCUT2D eigenvalue weighted by atomic mass is 16.6. The lowest BCUT2D eigenvalue weighted by Crippen LogP contribution is -1.97. The third-order valence-electron chi connectivity index (χ3n) is 3.19. The summed E-state index contributed by atoms with van der Waals surface area (Å²) in [6, 6.07) is 15.3. The topological polar surface area (TPSA) is 69.4 Å².